The second kappa shape index (κ2) is 6.33. The monoisotopic (exact) mass is 278 g/mol. The van der Waals surface area contributed by atoms with Crippen LogP contribution in [-0.2, 0) is 11.2 Å². The number of nitro benzene ring substituents is 1. The second-order valence-electron chi connectivity index (χ2n) is 5.89. The van der Waals surface area contributed by atoms with E-state index >= 15 is 0 Å². The Morgan fingerprint density at radius 2 is 2.20 bits per heavy atom. The number of hydrogen-bond acceptors (Lipinski definition) is 4. The van der Waals surface area contributed by atoms with Crippen molar-refractivity contribution in [3.63, 3.8) is 0 Å². The SMILES string of the molecule is CC1(C)CC(NCCc2ccccc2[N+](=O)[O-])CCO1. The maximum atomic E-state index is 10.9. The summed E-state index contributed by atoms with van der Waals surface area (Å²) in [5.41, 5.74) is 0.923. The van der Waals surface area contributed by atoms with Crippen LogP contribution in [0.4, 0.5) is 5.69 Å². The lowest BCUT2D eigenvalue weighted by Crippen LogP contribution is -2.44. The summed E-state index contributed by atoms with van der Waals surface area (Å²) in [6.45, 7) is 5.73. The topological polar surface area (TPSA) is 64.4 Å². The number of para-hydroxylation sites is 1. The highest BCUT2D eigenvalue weighted by Crippen LogP contribution is 2.24. The first-order chi connectivity index (χ1) is 9.48. The highest BCUT2D eigenvalue weighted by atomic mass is 16.6. The summed E-state index contributed by atoms with van der Waals surface area (Å²) in [4.78, 5) is 10.6. The molecule has 1 aromatic rings. The highest BCUT2D eigenvalue weighted by Gasteiger charge is 2.28. The van der Waals surface area contributed by atoms with Crippen molar-refractivity contribution in [3.05, 3.63) is 39.9 Å². The first-order valence-corrected chi connectivity index (χ1v) is 7.07. The van der Waals surface area contributed by atoms with Crippen molar-refractivity contribution in [1.29, 1.82) is 0 Å². The third kappa shape index (κ3) is 4.02. The van der Waals surface area contributed by atoms with E-state index in [1.54, 1.807) is 12.1 Å². The number of hydrogen-bond donors (Lipinski definition) is 1. The molecule has 1 atom stereocenters. The fraction of sp³-hybridized carbons (Fsp3) is 0.600. The summed E-state index contributed by atoms with van der Waals surface area (Å²) in [6.07, 6.45) is 2.65. The molecule has 0 bridgehead atoms. The van der Waals surface area contributed by atoms with E-state index in [1.165, 1.54) is 0 Å². The van der Waals surface area contributed by atoms with Crippen molar-refractivity contribution in [2.24, 2.45) is 0 Å². The summed E-state index contributed by atoms with van der Waals surface area (Å²) in [5.74, 6) is 0. The minimum absolute atomic E-state index is 0.0747. The molecule has 1 aliphatic heterocycles. The van der Waals surface area contributed by atoms with E-state index < -0.39 is 0 Å². The molecule has 5 nitrogen and oxygen atoms in total. The van der Waals surface area contributed by atoms with E-state index in [4.69, 9.17) is 4.74 Å². The van der Waals surface area contributed by atoms with Gasteiger partial charge in [-0.05, 0) is 39.7 Å². The molecule has 2 rings (SSSR count). The van der Waals surface area contributed by atoms with Crippen LogP contribution in [0.3, 0.4) is 0 Å². The fourth-order valence-corrected chi connectivity index (χ4v) is 2.72. The lowest BCUT2D eigenvalue weighted by Gasteiger charge is -2.36. The number of benzene rings is 1. The van der Waals surface area contributed by atoms with Gasteiger partial charge in [0.25, 0.3) is 5.69 Å². The Morgan fingerprint density at radius 1 is 1.45 bits per heavy atom. The third-order valence-electron chi connectivity index (χ3n) is 3.71. The van der Waals surface area contributed by atoms with Crippen molar-refractivity contribution in [2.75, 3.05) is 13.2 Å². The Hall–Kier alpha value is -1.46. The van der Waals surface area contributed by atoms with Crippen LogP contribution in [0, 0.1) is 10.1 Å². The molecule has 1 unspecified atom stereocenters. The molecule has 0 aliphatic carbocycles. The minimum atomic E-state index is -0.313. The Labute approximate surface area is 119 Å². The predicted octanol–water partition coefficient (Wildman–Crippen LogP) is 2.68. The molecule has 1 aliphatic rings. The van der Waals surface area contributed by atoms with Gasteiger partial charge in [-0.15, -0.1) is 0 Å². The van der Waals surface area contributed by atoms with E-state index in [9.17, 15) is 10.1 Å². The number of nitrogens with zero attached hydrogens (tertiary/aromatic N) is 1. The van der Waals surface area contributed by atoms with Crippen molar-refractivity contribution in [2.45, 2.75) is 44.8 Å². The molecule has 110 valence electrons. The van der Waals surface area contributed by atoms with E-state index in [-0.39, 0.29) is 16.2 Å². The Morgan fingerprint density at radius 3 is 2.90 bits per heavy atom. The molecule has 0 spiro atoms. The third-order valence-corrected chi connectivity index (χ3v) is 3.71. The maximum Gasteiger partial charge on any atom is 0.272 e. The van der Waals surface area contributed by atoms with E-state index in [0.717, 1.165) is 31.6 Å². The van der Waals surface area contributed by atoms with Crippen molar-refractivity contribution in [1.82, 2.24) is 5.32 Å². The Balaban J connectivity index is 1.86. The smallest absolute Gasteiger partial charge is 0.272 e. The van der Waals surface area contributed by atoms with Crippen LogP contribution in [0.2, 0.25) is 0 Å². The Kier molecular flexibility index (Phi) is 4.73. The van der Waals surface area contributed by atoms with Gasteiger partial charge in [0, 0.05) is 24.3 Å². The van der Waals surface area contributed by atoms with Gasteiger partial charge < -0.3 is 10.1 Å². The van der Waals surface area contributed by atoms with E-state index in [0.29, 0.717) is 12.5 Å². The zero-order valence-electron chi connectivity index (χ0n) is 12.1. The molecule has 1 N–H and O–H groups in total. The molecule has 1 aromatic carbocycles. The van der Waals surface area contributed by atoms with Gasteiger partial charge >= 0.3 is 0 Å². The molecule has 0 amide bonds. The average molecular weight is 278 g/mol. The maximum absolute atomic E-state index is 10.9. The van der Waals surface area contributed by atoms with Gasteiger partial charge in [-0.25, -0.2) is 0 Å². The molecular weight excluding hydrogens is 256 g/mol. The summed E-state index contributed by atoms with van der Waals surface area (Å²) in [7, 11) is 0. The van der Waals surface area contributed by atoms with Crippen molar-refractivity contribution in [3.8, 4) is 0 Å². The summed E-state index contributed by atoms with van der Waals surface area (Å²) >= 11 is 0. The van der Waals surface area contributed by atoms with E-state index in [2.05, 4.69) is 19.2 Å². The van der Waals surface area contributed by atoms with Crippen LogP contribution >= 0.6 is 0 Å². The summed E-state index contributed by atoms with van der Waals surface area (Å²) in [6, 6.07) is 7.37. The van der Waals surface area contributed by atoms with Gasteiger partial charge in [-0.2, -0.15) is 0 Å². The average Bonchev–Trinajstić information content (AvgIpc) is 2.38. The molecule has 0 aromatic heterocycles. The number of nitro groups is 1. The molecule has 0 saturated carbocycles. The molecule has 0 radical (unpaired) electrons. The zero-order chi connectivity index (χ0) is 14.6. The highest BCUT2D eigenvalue weighted by molar-refractivity contribution is 5.39. The van der Waals surface area contributed by atoms with Gasteiger partial charge in [-0.3, -0.25) is 10.1 Å². The molecule has 20 heavy (non-hydrogen) atoms. The Bertz CT molecular complexity index is 474. The lowest BCUT2D eigenvalue weighted by atomic mass is 9.94. The van der Waals surface area contributed by atoms with Crippen LogP contribution in [0.1, 0.15) is 32.3 Å². The predicted molar refractivity (Wildman–Crippen MR) is 77.9 cm³/mol. The first-order valence-electron chi connectivity index (χ1n) is 7.07. The number of ether oxygens (including phenoxy) is 1. The van der Waals surface area contributed by atoms with E-state index in [1.807, 2.05) is 12.1 Å². The largest absolute Gasteiger partial charge is 0.375 e. The van der Waals surface area contributed by atoms with Gasteiger partial charge in [0.1, 0.15) is 0 Å². The zero-order valence-corrected chi connectivity index (χ0v) is 12.1. The molecule has 1 fully saturated rings. The van der Waals surface area contributed by atoms with Crippen LogP contribution in [0.5, 0.6) is 0 Å². The fourth-order valence-electron chi connectivity index (χ4n) is 2.72. The molecular formula is C15H22N2O3. The minimum Gasteiger partial charge on any atom is -0.375 e. The second-order valence-corrected chi connectivity index (χ2v) is 5.89. The summed E-state index contributed by atoms with van der Waals surface area (Å²) in [5, 5.41) is 14.4. The number of rotatable bonds is 5. The van der Waals surface area contributed by atoms with Gasteiger partial charge in [0.15, 0.2) is 0 Å². The van der Waals surface area contributed by atoms with Crippen LogP contribution in [0.15, 0.2) is 24.3 Å². The normalized spacial score (nSPS) is 21.6. The molecule has 1 heterocycles. The van der Waals surface area contributed by atoms with Crippen molar-refractivity contribution < 1.29 is 9.66 Å². The lowest BCUT2D eigenvalue weighted by molar-refractivity contribution is -0.385. The standard InChI is InChI=1S/C15H22N2O3/c1-15(2)11-13(8-10-20-15)16-9-7-12-5-3-4-6-14(12)17(18)19/h3-6,13,16H,7-11H2,1-2H3. The first kappa shape index (κ1) is 14.9. The van der Waals surface area contributed by atoms with Crippen molar-refractivity contribution >= 4 is 5.69 Å². The summed E-state index contributed by atoms with van der Waals surface area (Å²) < 4.78 is 5.68. The quantitative estimate of drug-likeness (QED) is 0.664. The van der Waals surface area contributed by atoms with Gasteiger partial charge in [0.2, 0.25) is 0 Å². The van der Waals surface area contributed by atoms with Crippen LogP contribution < -0.4 is 5.32 Å². The van der Waals surface area contributed by atoms with Gasteiger partial charge in [0.05, 0.1) is 10.5 Å². The van der Waals surface area contributed by atoms with Crippen LogP contribution in [0.25, 0.3) is 0 Å². The molecule has 1 saturated heterocycles. The van der Waals surface area contributed by atoms with Crippen LogP contribution in [-0.4, -0.2) is 29.7 Å². The molecule has 5 heteroatoms. The number of nitrogens with one attached hydrogen (secondary N) is 1. The van der Waals surface area contributed by atoms with Gasteiger partial charge in [-0.1, -0.05) is 18.2 Å².